The lowest BCUT2D eigenvalue weighted by Gasteiger charge is -2.09. The molecule has 0 bridgehead atoms. The van der Waals surface area contributed by atoms with E-state index in [1.165, 1.54) is 0 Å². The SMILES string of the molecule is NC(CCc1nc(CC(F)(F)F)no1)c1ccccc1. The number of rotatable bonds is 5. The summed E-state index contributed by atoms with van der Waals surface area (Å²) in [6.07, 6.45) is -4.64. The van der Waals surface area contributed by atoms with E-state index in [1.54, 1.807) is 0 Å². The highest BCUT2D eigenvalue weighted by atomic mass is 19.4. The Balaban J connectivity index is 1.88. The Morgan fingerprint density at radius 2 is 1.90 bits per heavy atom. The van der Waals surface area contributed by atoms with Crippen LogP contribution in [-0.4, -0.2) is 16.3 Å². The van der Waals surface area contributed by atoms with Crippen LogP contribution in [0.15, 0.2) is 34.9 Å². The summed E-state index contributed by atoms with van der Waals surface area (Å²) in [6, 6.07) is 9.22. The van der Waals surface area contributed by atoms with E-state index < -0.39 is 12.6 Å². The van der Waals surface area contributed by atoms with Gasteiger partial charge in [0, 0.05) is 12.5 Å². The molecule has 7 heteroatoms. The van der Waals surface area contributed by atoms with Crippen LogP contribution >= 0.6 is 0 Å². The van der Waals surface area contributed by atoms with E-state index in [2.05, 4.69) is 10.1 Å². The molecule has 2 rings (SSSR count). The van der Waals surface area contributed by atoms with Crippen LogP contribution in [0.1, 0.15) is 29.7 Å². The lowest BCUT2D eigenvalue weighted by molar-refractivity contribution is -0.128. The molecular weight excluding hydrogens is 271 g/mol. The molecule has 0 saturated carbocycles. The van der Waals surface area contributed by atoms with Crippen LogP contribution in [0.3, 0.4) is 0 Å². The van der Waals surface area contributed by atoms with Gasteiger partial charge in [0.1, 0.15) is 6.42 Å². The summed E-state index contributed by atoms with van der Waals surface area (Å²) in [5, 5.41) is 3.31. The summed E-state index contributed by atoms with van der Waals surface area (Å²) in [5.41, 5.74) is 6.94. The number of alkyl halides is 3. The molecule has 1 aromatic heterocycles. The fraction of sp³-hybridized carbons (Fsp3) is 0.385. The number of hydrogen-bond donors (Lipinski definition) is 1. The molecule has 2 N–H and O–H groups in total. The Bertz CT molecular complexity index is 539. The second-order valence-corrected chi connectivity index (χ2v) is 4.45. The zero-order valence-electron chi connectivity index (χ0n) is 10.6. The molecular formula is C13H14F3N3O. The first-order chi connectivity index (χ1) is 9.44. The molecule has 20 heavy (non-hydrogen) atoms. The van der Waals surface area contributed by atoms with Gasteiger partial charge in [0.25, 0.3) is 0 Å². The van der Waals surface area contributed by atoms with E-state index in [0.29, 0.717) is 12.8 Å². The summed E-state index contributed by atoms with van der Waals surface area (Å²) >= 11 is 0. The third kappa shape index (κ3) is 4.34. The minimum Gasteiger partial charge on any atom is -0.339 e. The van der Waals surface area contributed by atoms with Crippen LogP contribution < -0.4 is 5.73 Å². The Morgan fingerprint density at radius 3 is 2.55 bits per heavy atom. The third-order valence-electron chi connectivity index (χ3n) is 2.77. The summed E-state index contributed by atoms with van der Waals surface area (Å²) in [4.78, 5) is 3.71. The van der Waals surface area contributed by atoms with Gasteiger partial charge < -0.3 is 10.3 Å². The number of benzene rings is 1. The first kappa shape index (κ1) is 14.5. The third-order valence-corrected chi connectivity index (χ3v) is 2.77. The molecule has 1 unspecified atom stereocenters. The van der Waals surface area contributed by atoms with Crippen LogP contribution in [0.5, 0.6) is 0 Å². The van der Waals surface area contributed by atoms with Crippen molar-refractivity contribution in [2.24, 2.45) is 5.73 Å². The normalized spacial score (nSPS) is 13.4. The highest BCUT2D eigenvalue weighted by Crippen LogP contribution is 2.20. The highest BCUT2D eigenvalue weighted by Gasteiger charge is 2.30. The molecule has 0 radical (unpaired) electrons. The van der Waals surface area contributed by atoms with Crippen LogP contribution in [-0.2, 0) is 12.8 Å². The van der Waals surface area contributed by atoms with Crippen molar-refractivity contribution in [3.05, 3.63) is 47.6 Å². The first-order valence-electron chi connectivity index (χ1n) is 6.13. The minimum atomic E-state index is -4.33. The van der Waals surface area contributed by atoms with E-state index in [-0.39, 0.29) is 17.8 Å². The number of nitrogens with zero attached hydrogens (tertiary/aromatic N) is 2. The van der Waals surface area contributed by atoms with Gasteiger partial charge in [-0.1, -0.05) is 35.5 Å². The number of aryl methyl sites for hydroxylation is 1. The van der Waals surface area contributed by atoms with E-state index in [0.717, 1.165) is 5.56 Å². The van der Waals surface area contributed by atoms with Crippen LogP contribution in [0.4, 0.5) is 13.2 Å². The molecule has 2 aromatic rings. The van der Waals surface area contributed by atoms with Gasteiger partial charge in [0.05, 0.1) is 0 Å². The van der Waals surface area contributed by atoms with E-state index >= 15 is 0 Å². The maximum absolute atomic E-state index is 12.1. The number of halogens is 3. The molecule has 0 fully saturated rings. The summed E-state index contributed by atoms with van der Waals surface area (Å²) < 4.78 is 41.2. The molecule has 0 saturated heterocycles. The number of aromatic nitrogens is 2. The van der Waals surface area contributed by atoms with Gasteiger partial charge in [-0.25, -0.2) is 0 Å². The van der Waals surface area contributed by atoms with Crippen molar-refractivity contribution in [2.75, 3.05) is 0 Å². The largest absolute Gasteiger partial charge is 0.396 e. The van der Waals surface area contributed by atoms with Gasteiger partial charge in [0.2, 0.25) is 5.89 Å². The summed E-state index contributed by atoms with van der Waals surface area (Å²) in [5.74, 6) is -0.170. The van der Waals surface area contributed by atoms with Crippen molar-refractivity contribution in [3.8, 4) is 0 Å². The summed E-state index contributed by atoms with van der Waals surface area (Å²) in [6.45, 7) is 0. The second kappa shape index (κ2) is 6.04. The maximum atomic E-state index is 12.1. The molecule has 1 atom stereocenters. The van der Waals surface area contributed by atoms with Gasteiger partial charge in [-0.2, -0.15) is 18.2 Å². The van der Waals surface area contributed by atoms with Crippen molar-refractivity contribution in [1.29, 1.82) is 0 Å². The molecule has 1 aromatic carbocycles. The topological polar surface area (TPSA) is 64.9 Å². The van der Waals surface area contributed by atoms with Gasteiger partial charge in [0.15, 0.2) is 5.82 Å². The van der Waals surface area contributed by atoms with Gasteiger partial charge in [-0.3, -0.25) is 0 Å². The lowest BCUT2D eigenvalue weighted by Crippen LogP contribution is -2.13. The van der Waals surface area contributed by atoms with Crippen molar-refractivity contribution >= 4 is 0 Å². The van der Waals surface area contributed by atoms with Crippen molar-refractivity contribution < 1.29 is 17.7 Å². The first-order valence-corrected chi connectivity index (χ1v) is 6.13. The lowest BCUT2D eigenvalue weighted by atomic mass is 10.0. The molecule has 0 amide bonds. The van der Waals surface area contributed by atoms with Gasteiger partial charge in [-0.15, -0.1) is 0 Å². The molecule has 0 spiro atoms. The fourth-order valence-corrected chi connectivity index (χ4v) is 1.79. The van der Waals surface area contributed by atoms with Crippen molar-refractivity contribution in [3.63, 3.8) is 0 Å². The Hall–Kier alpha value is -1.89. The maximum Gasteiger partial charge on any atom is 0.396 e. The molecule has 108 valence electrons. The average molecular weight is 285 g/mol. The van der Waals surface area contributed by atoms with E-state index in [1.807, 2.05) is 30.3 Å². The standard InChI is InChI=1S/C13H14F3N3O/c14-13(15,16)8-11-18-12(20-19-11)7-6-10(17)9-4-2-1-3-5-9/h1-5,10H,6-8,17H2. The predicted molar refractivity (Wildman–Crippen MR) is 65.7 cm³/mol. The van der Waals surface area contributed by atoms with Gasteiger partial charge >= 0.3 is 6.18 Å². The predicted octanol–water partition coefficient (Wildman–Crippen LogP) is 2.81. The quantitative estimate of drug-likeness (QED) is 0.917. The zero-order chi connectivity index (χ0) is 14.6. The number of hydrogen-bond acceptors (Lipinski definition) is 4. The van der Waals surface area contributed by atoms with E-state index in [9.17, 15) is 13.2 Å². The average Bonchev–Trinajstić information content (AvgIpc) is 2.82. The Labute approximate surface area is 113 Å². The molecule has 0 aliphatic rings. The molecule has 4 nitrogen and oxygen atoms in total. The van der Waals surface area contributed by atoms with Crippen LogP contribution in [0.25, 0.3) is 0 Å². The van der Waals surface area contributed by atoms with Crippen LogP contribution in [0, 0.1) is 0 Å². The minimum absolute atomic E-state index is 0.177. The number of nitrogens with two attached hydrogens (primary N) is 1. The Kier molecular flexibility index (Phi) is 4.39. The van der Waals surface area contributed by atoms with E-state index in [4.69, 9.17) is 10.3 Å². The summed E-state index contributed by atoms with van der Waals surface area (Å²) in [7, 11) is 0. The van der Waals surface area contributed by atoms with Crippen LogP contribution in [0.2, 0.25) is 0 Å². The highest BCUT2D eigenvalue weighted by molar-refractivity contribution is 5.18. The fourth-order valence-electron chi connectivity index (χ4n) is 1.79. The second-order valence-electron chi connectivity index (χ2n) is 4.45. The molecule has 0 aliphatic carbocycles. The molecule has 0 aliphatic heterocycles. The van der Waals surface area contributed by atoms with Gasteiger partial charge in [-0.05, 0) is 12.0 Å². The van der Waals surface area contributed by atoms with Crippen molar-refractivity contribution in [2.45, 2.75) is 31.5 Å². The molecule has 1 heterocycles. The van der Waals surface area contributed by atoms with Crippen molar-refractivity contribution in [1.82, 2.24) is 10.1 Å². The zero-order valence-corrected chi connectivity index (χ0v) is 10.6. The monoisotopic (exact) mass is 285 g/mol. The smallest absolute Gasteiger partial charge is 0.339 e. The Morgan fingerprint density at radius 1 is 1.20 bits per heavy atom.